The van der Waals surface area contributed by atoms with E-state index in [2.05, 4.69) is 37.6 Å². The second kappa shape index (κ2) is 12.4. The van der Waals surface area contributed by atoms with Crippen molar-refractivity contribution >= 4 is 29.9 Å². The summed E-state index contributed by atoms with van der Waals surface area (Å²) in [6, 6.07) is 6.76. The summed E-state index contributed by atoms with van der Waals surface area (Å²) in [7, 11) is 1.83. The first-order chi connectivity index (χ1) is 13.7. The van der Waals surface area contributed by atoms with E-state index >= 15 is 0 Å². The van der Waals surface area contributed by atoms with Gasteiger partial charge in [0.2, 0.25) is 0 Å². The number of hydrogen-bond acceptors (Lipinski definition) is 5. The maximum absolute atomic E-state index is 5.72. The Labute approximate surface area is 192 Å². The van der Waals surface area contributed by atoms with Gasteiger partial charge in [-0.15, -0.1) is 24.0 Å². The molecule has 164 valence electrons. The molecule has 29 heavy (non-hydrogen) atoms. The van der Waals surface area contributed by atoms with Crippen LogP contribution in [0.15, 0.2) is 23.2 Å². The van der Waals surface area contributed by atoms with Crippen molar-refractivity contribution in [3.05, 3.63) is 23.8 Å². The van der Waals surface area contributed by atoms with Crippen molar-refractivity contribution in [3.63, 3.8) is 0 Å². The lowest BCUT2D eigenvalue weighted by Crippen LogP contribution is -2.63. The standard InChI is InChI=1S/C21H35N5O2.HI/c1-4-27-19-7-6-17(14-20(19)28-5-2)8-9-23-21(22-3)24-15-18-16-25-10-12-26(18)13-11-25;/h6-7,14,18H,4-5,8-13,15-16H2,1-3H3,(H2,22,23,24);1H. The van der Waals surface area contributed by atoms with Gasteiger partial charge in [0, 0.05) is 58.9 Å². The molecule has 8 heteroatoms. The van der Waals surface area contributed by atoms with E-state index in [1.807, 2.05) is 27.0 Å². The zero-order valence-corrected chi connectivity index (χ0v) is 20.3. The normalized spacial score (nSPS) is 23.3. The fourth-order valence-corrected chi connectivity index (χ4v) is 3.93. The number of halogens is 1. The Morgan fingerprint density at radius 2 is 1.79 bits per heavy atom. The summed E-state index contributed by atoms with van der Waals surface area (Å²) in [5.74, 6) is 2.50. The molecule has 4 rings (SSSR count). The first-order valence-electron chi connectivity index (χ1n) is 10.5. The molecule has 3 fully saturated rings. The van der Waals surface area contributed by atoms with Crippen LogP contribution in [0, 0.1) is 0 Å². The van der Waals surface area contributed by atoms with Gasteiger partial charge in [-0.3, -0.25) is 14.8 Å². The summed E-state index contributed by atoms with van der Waals surface area (Å²) in [5.41, 5.74) is 1.22. The van der Waals surface area contributed by atoms with Gasteiger partial charge in [0.05, 0.1) is 13.2 Å². The minimum atomic E-state index is 0. The van der Waals surface area contributed by atoms with Crippen LogP contribution in [0.2, 0.25) is 0 Å². The van der Waals surface area contributed by atoms with Crippen LogP contribution >= 0.6 is 24.0 Å². The summed E-state index contributed by atoms with van der Waals surface area (Å²) >= 11 is 0. The highest BCUT2D eigenvalue weighted by Crippen LogP contribution is 2.28. The smallest absolute Gasteiger partial charge is 0.191 e. The van der Waals surface area contributed by atoms with Gasteiger partial charge in [0.1, 0.15) is 0 Å². The minimum absolute atomic E-state index is 0. The van der Waals surface area contributed by atoms with Crippen molar-refractivity contribution < 1.29 is 9.47 Å². The van der Waals surface area contributed by atoms with Gasteiger partial charge in [0.25, 0.3) is 0 Å². The van der Waals surface area contributed by atoms with Crippen LogP contribution in [0.25, 0.3) is 0 Å². The Hall–Kier alpha value is -1.26. The summed E-state index contributed by atoms with van der Waals surface area (Å²) in [6.45, 7) is 13.0. The predicted octanol–water partition coefficient (Wildman–Crippen LogP) is 1.81. The van der Waals surface area contributed by atoms with Gasteiger partial charge in [-0.05, 0) is 38.0 Å². The molecule has 2 bridgehead atoms. The van der Waals surface area contributed by atoms with E-state index in [1.165, 1.54) is 31.7 Å². The summed E-state index contributed by atoms with van der Waals surface area (Å²) in [5, 5.41) is 6.92. The first kappa shape index (κ1) is 24.0. The van der Waals surface area contributed by atoms with Gasteiger partial charge in [-0.2, -0.15) is 0 Å². The molecule has 1 unspecified atom stereocenters. The molecule has 0 aromatic heterocycles. The molecule has 2 N–H and O–H groups in total. The number of nitrogens with one attached hydrogen (secondary N) is 2. The van der Waals surface area contributed by atoms with Crippen molar-refractivity contribution in [2.24, 2.45) is 4.99 Å². The van der Waals surface area contributed by atoms with E-state index in [4.69, 9.17) is 9.47 Å². The number of benzene rings is 1. The molecule has 3 saturated heterocycles. The molecule has 3 heterocycles. The van der Waals surface area contributed by atoms with E-state index in [-0.39, 0.29) is 24.0 Å². The number of piperazine rings is 3. The number of hydrogen-bond donors (Lipinski definition) is 2. The van der Waals surface area contributed by atoms with E-state index in [1.54, 1.807) is 0 Å². The van der Waals surface area contributed by atoms with Crippen molar-refractivity contribution in [1.29, 1.82) is 0 Å². The van der Waals surface area contributed by atoms with Crippen molar-refractivity contribution in [1.82, 2.24) is 20.4 Å². The molecule has 0 aliphatic carbocycles. The molecule has 0 saturated carbocycles. The van der Waals surface area contributed by atoms with Crippen LogP contribution in [-0.2, 0) is 6.42 Å². The van der Waals surface area contributed by atoms with E-state index in [9.17, 15) is 0 Å². The highest BCUT2D eigenvalue weighted by molar-refractivity contribution is 14.0. The molecule has 0 spiro atoms. The topological polar surface area (TPSA) is 61.4 Å². The van der Waals surface area contributed by atoms with Gasteiger partial charge >= 0.3 is 0 Å². The zero-order chi connectivity index (χ0) is 19.8. The first-order valence-corrected chi connectivity index (χ1v) is 10.5. The number of fused-ring (bicyclic) bond motifs is 3. The monoisotopic (exact) mass is 517 g/mol. The quantitative estimate of drug-likeness (QED) is 0.296. The lowest BCUT2D eigenvalue weighted by Gasteiger charge is -2.47. The molecule has 0 radical (unpaired) electrons. The zero-order valence-electron chi connectivity index (χ0n) is 17.9. The van der Waals surface area contributed by atoms with Crippen molar-refractivity contribution in [2.75, 3.05) is 66.1 Å². The Balaban J connectivity index is 0.00000300. The Kier molecular flexibility index (Phi) is 10.3. The number of ether oxygens (including phenoxy) is 2. The van der Waals surface area contributed by atoms with Crippen LogP contribution in [0.4, 0.5) is 0 Å². The maximum atomic E-state index is 5.72. The minimum Gasteiger partial charge on any atom is -0.490 e. The second-order valence-electron chi connectivity index (χ2n) is 7.27. The van der Waals surface area contributed by atoms with Gasteiger partial charge < -0.3 is 20.1 Å². The third kappa shape index (κ3) is 6.89. The molecule has 1 aromatic carbocycles. The van der Waals surface area contributed by atoms with Crippen LogP contribution in [0.3, 0.4) is 0 Å². The highest BCUT2D eigenvalue weighted by Gasteiger charge is 2.31. The number of guanidine groups is 1. The molecule has 3 aliphatic rings. The molecular formula is C21H36IN5O2. The van der Waals surface area contributed by atoms with Crippen LogP contribution in [0.1, 0.15) is 19.4 Å². The van der Waals surface area contributed by atoms with Crippen LogP contribution in [-0.4, -0.2) is 87.9 Å². The van der Waals surface area contributed by atoms with Gasteiger partial charge in [-0.1, -0.05) is 6.07 Å². The third-order valence-electron chi connectivity index (χ3n) is 5.43. The lowest BCUT2D eigenvalue weighted by atomic mass is 10.1. The highest BCUT2D eigenvalue weighted by atomic mass is 127. The van der Waals surface area contributed by atoms with Crippen molar-refractivity contribution in [3.8, 4) is 11.5 Å². The number of aliphatic imine (C=N–C) groups is 1. The Morgan fingerprint density at radius 3 is 2.41 bits per heavy atom. The average molecular weight is 517 g/mol. The molecule has 7 nitrogen and oxygen atoms in total. The second-order valence-corrected chi connectivity index (χ2v) is 7.27. The summed E-state index contributed by atoms with van der Waals surface area (Å²) < 4.78 is 11.4. The SMILES string of the molecule is CCOc1ccc(CCNC(=NC)NCC2CN3CCN2CC3)cc1OCC.I. The molecule has 3 aliphatic heterocycles. The van der Waals surface area contributed by atoms with E-state index < -0.39 is 0 Å². The number of rotatable bonds is 9. The molecule has 1 aromatic rings. The largest absolute Gasteiger partial charge is 0.490 e. The summed E-state index contributed by atoms with van der Waals surface area (Å²) in [4.78, 5) is 9.52. The molecule has 1 atom stereocenters. The maximum Gasteiger partial charge on any atom is 0.191 e. The summed E-state index contributed by atoms with van der Waals surface area (Å²) in [6.07, 6.45) is 0.899. The van der Waals surface area contributed by atoms with Gasteiger partial charge in [-0.25, -0.2) is 0 Å². The van der Waals surface area contributed by atoms with Crippen LogP contribution < -0.4 is 20.1 Å². The van der Waals surface area contributed by atoms with Crippen molar-refractivity contribution in [2.45, 2.75) is 26.3 Å². The predicted molar refractivity (Wildman–Crippen MR) is 129 cm³/mol. The fourth-order valence-electron chi connectivity index (χ4n) is 3.93. The van der Waals surface area contributed by atoms with Gasteiger partial charge in [0.15, 0.2) is 17.5 Å². The molecular weight excluding hydrogens is 481 g/mol. The van der Waals surface area contributed by atoms with E-state index in [0.717, 1.165) is 43.5 Å². The Bertz CT molecular complexity index is 650. The fraction of sp³-hybridized carbons (Fsp3) is 0.667. The van der Waals surface area contributed by atoms with Crippen LogP contribution in [0.5, 0.6) is 11.5 Å². The average Bonchev–Trinajstić information content (AvgIpc) is 2.73. The molecule has 0 amide bonds. The lowest BCUT2D eigenvalue weighted by molar-refractivity contribution is 0.0154. The van der Waals surface area contributed by atoms with E-state index in [0.29, 0.717) is 19.3 Å². The third-order valence-corrected chi connectivity index (χ3v) is 5.43. The number of nitrogens with zero attached hydrogens (tertiary/aromatic N) is 3. The Morgan fingerprint density at radius 1 is 1.07 bits per heavy atom.